The van der Waals surface area contributed by atoms with Crippen molar-refractivity contribution in [2.45, 2.75) is 56.4 Å². The number of carboxylic acid groups (broad SMARTS) is 1. The van der Waals surface area contributed by atoms with Gasteiger partial charge in [-0.1, -0.05) is 0 Å². The minimum absolute atomic E-state index is 0.0172. The van der Waals surface area contributed by atoms with E-state index in [1.807, 2.05) is 0 Å². The molecule has 108 valence electrons. The van der Waals surface area contributed by atoms with Crippen molar-refractivity contribution in [1.82, 2.24) is 10.2 Å². The van der Waals surface area contributed by atoms with E-state index in [4.69, 9.17) is 5.11 Å². The molecule has 7 heteroatoms. The summed E-state index contributed by atoms with van der Waals surface area (Å²) >= 11 is 0. The van der Waals surface area contributed by atoms with Crippen LogP contribution >= 0.6 is 0 Å². The lowest BCUT2D eigenvalue weighted by atomic mass is 10.0. The Morgan fingerprint density at radius 2 is 1.84 bits per heavy atom. The standard InChI is InChI=1S/C12H20N2O5/c1-12(19,10(16)17)6-13-11(18)14-7-2-3-8(14)5-9(15)4-7/h7-9,15,19H,2-6H2,1H3,(H,13,18)(H,16,17). The molecule has 2 aliphatic rings. The van der Waals surface area contributed by atoms with Crippen LogP contribution in [-0.2, 0) is 4.79 Å². The summed E-state index contributed by atoms with van der Waals surface area (Å²) in [7, 11) is 0. The number of amides is 2. The molecule has 0 aliphatic carbocycles. The summed E-state index contributed by atoms with van der Waals surface area (Å²) in [6.45, 7) is 0.809. The average Bonchev–Trinajstić information content (AvgIpc) is 2.59. The molecule has 7 nitrogen and oxygen atoms in total. The van der Waals surface area contributed by atoms with E-state index in [1.54, 1.807) is 4.90 Å². The Morgan fingerprint density at radius 3 is 2.32 bits per heavy atom. The van der Waals surface area contributed by atoms with Gasteiger partial charge in [0, 0.05) is 12.1 Å². The summed E-state index contributed by atoms with van der Waals surface area (Å²) in [5, 5.41) is 30.4. The summed E-state index contributed by atoms with van der Waals surface area (Å²) < 4.78 is 0. The molecule has 0 radical (unpaired) electrons. The van der Waals surface area contributed by atoms with Gasteiger partial charge in [0.25, 0.3) is 0 Å². The van der Waals surface area contributed by atoms with Gasteiger partial charge in [0.05, 0.1) is 12.6 Å². The summed E-state index contributed by atoms with van der Waals surface area (Å²) in [4.78, 5) is 24.5. The Balaban J connectivity index is 1.93. The first-order valence-electron chi connectivity index (χ1n) is 6.51. The van der Waals surface area contributed by atoms with Gasteiger partial charge in [-0.2, -0.15) is 0 Å². The molecule has 2 rings (SSSR count). The number of carbonyl (C=O) groups is 2. The zero-order chi connectivity index (χ0) is 14.2. The first-order valence-corrected chi connectivity index (χ1v) is 6.51. The number of carboxylic acids is 1. The molecule has 19 heavy (non-hydrogen) atoms. The zero-order valence-electron chi connectivity index (χ0n) is 10.9. The van der Waals surface area contributed by atoms with E-state index in [-0.39, 0.29) is 30.8 Å². The van der Waals surface area contributed by atoms with Crippen molar-refractivity contribution in [3.8, 4) is 0 Å². The van der Waals surface area contributed by atoms with Crippen molar-refractivity contribution in [2.75, 3.05) is 6.54 Å². The van der Waals surface area contributed by atoms with Crippen LogP contribution in [0.15, 0.2) is 0 Å². The Kier molecular flexibility index (Phi) is 3.69. The SMILES string of the molecule is CC(O)(CNC(=O)N1C2CCC1CC(O)C2)C(=O)O. The van der Waals surface area contributed by atoms with E-state index in [0.717, 1.165) is 19.8 Å². The molecule has 3 atom stereocenters. The molecule has 2 saturated heterocycles. The molecule has 0 aromatic heterocycles. The smallest absolute Gasteiger partial charge is 0.337 e. The number of aliphatic carboxylic acids is 1. The van der Waals surface area contributed by atoms with Gasteiger partial charge < -0.3 is 25.5 Å². The third kappa shape index (κ3) is 2.82. The Labute approximate surface area is 111 Å². The minimum Gasteiger partial charge on any atom is -0.479 e. The number of piperidine rings is 1. The summed E-state index contributed by atoms with van der Waals surface area (Å²) in [6.07, 6.45) is 2.51. The van der Waals surface area contributed by atoms with Crippen LogP contribution < -0.4 is 5.32 Å². The predicted molar refractivity (Wildman–Crippen MR) is 65.5 cm³/mol. The molecule has 0 aromatic rings. The van der Waals surface area contributed by atoms with Crippen molar-refractivity contribution >= 4 is 12.0 Å². The van der Waals surface area contributed by atoms with Gasteiger partial charge >= 0.3 is 12.0 Å². The third-order valence-electron chi connectivity index (χ3n) is 3.99. The number of aliphatic hydroxyl groups is 2. The summed E-state index contributed by atoms with van der Waals surface area (Å²) in [6, 6.07) is -0.326. The predicted octanol–water partition coefficient (Wildman–Crippen LogP) is -0.481. The second-order valence-corrected chi connectivity index (χ2v) is 5.66. The number of urea groups is 1. The topological polar surface area (TPSA) is 110 Å². The van der Waals surface area contributed by atoms with Crippen molar-refractivity contribution in [3.05, 3.63) is 0 Å². The highest BCUT2D eigenvalue weighted by Gasteiger charge is 2.43. The molecule has 2 bridgehead atoms. The third-order valence-corrected chi connectivity index (χ3v) is 3.99. The molecule has 3 unspecified atom stereocenters. The molecule has 2 heterocycles. The normalized spacial score (nSPS) is 32.8. The van der Waals surface area contributed by atoms with E-state index < -0.39 is 11.6 Å². The van der Waals surface area contributed by atoms with Crippen molar-refractivity contribution in [2.24, 2.45) is 0 Å². The Hall–Kier alpha value is -1.34. The molecule has 0 saturated carbocycles. The van der Waals surface area contributed by atoms with Gasteiger partial charge in [-0.05, 0) is 32.6 Å². The van der Waals surface area contributed by atoms with E-state index >= 15 is 0 Å². The highest BCUT2D eigenvalue weighted by Crippen LogP contribution is 2.35. The highest BCUT2D eigenvalue weighted by molar-refractivity contribution is 5.80. The summed E-state index contributed by atoms with van der Waals surface area (Å²) in [5.41, 5.74) is -1.97. The lowest BCUT2D eigenvalue weighted by Crippen LogP contribution is -2.55. The van der Waals surface area contributed by atoms with Crippen molar-refractivity contribution < 1.29 is 24.9 Å². The van der Waals surface area contributed by atoms with Gasteiger partial charge in [0.2, 0.25) is 0 Å². The van der Waals surface area contributed by atoms with Gasteiger partial charge in [0.1, 0.15) is 0 Å². The number of hydrogen-bond acceptors (Lipinski definition) is 4. The molecular weight excluding hydrogens is 252 g/mol. The number of fused-ring (bicyclic) bond motifs is 2. The lowest BCUT2D eigenvalue weighted by molar-refractivity contribution is -0.155. The highest BCUT2D eigenvalue weighted by atomic mass is 16.4. The van der Waals surface area contributed by atoms with E-state index in [9.17, 15) is 19.8 Å². The van der Waals surface area contributed by atoms with Crippen LogP contribution in [0.2, 0.25) is 0 Å². The van der Waals surface area contributed by atoms with Crippen LogP contribution in [0.3, 0.4) is 0 Å². The number of nitrogens with one attached hydrogen (secondary N) is 1. The maximum absolute atomic E-state index is 12.1. The average molecular weight is 272 g/mol. The fourth-order valence-electron chi connectivity index (χ4n) is 2.89. The number of hydrogen-bond donors (Lipinski definition) is 4. The van der Waals surface area contributed by atoms with Gasteiger partial charge in [-0.15, -0.1) is 0 Å². The molecule has 0 spiro atoms. The van der Waals surface area contributed by atoms with Gasteiger partial charge in [0.15, 0.2) is 5.60 Å². The molecule has 2 aliphatic heterocycles. The van der Waals surface area contributed by atoms with Crippen LogP contribution in [0.1, 0.15) is 32.6 Å². The maximum Gasteiger partial charge on any atom is 0.337 e. The quantitative estimate of drug-likeness (QED) is 0.554. The molecule has 4 N–H and O–H groups in total. The monoisotopic (exact) mass is 272 g/mol. The number of aliphatic hydroxyl groups excluding tert-OH is 1. The van der Waals surface area contributed by atoms with Crippen LogP contribution in [0.4, 0.5) is 4.79 Å². The Morgan fingerprint density at radius 1 is 1.32 bits per heavy atom. The zero-order valence-corrected chi connectivity index (χ0v) is 10.9. The van der Waals surface area contributed by atoms with Crippen LogP contribution in [0.25, 0.3) is 0 Å². The summed E-state index contributed by atoms with van der Waals surface area (Å²) in [5.74, 6) is -1.37. The van der Waals surface area contributed by atoms with Crippen molar-refractivity contribution in [3.63, 3.8) is 0 Å². The van der Waals surface area contributed by atoms with Crippen LogP contribution in [0, 0.1) is 0 Å². The second kappa shape index (κ2) is 4.97. The van der Waals surface area contributed by atoms with Crippen LogP contribution in [-0.4, -0.2) is 62.6 Å². The second-order valence-electron chi connectivity index (χ2n) is 5.66. The lowest BCUT2D eigenvalue weighted by Gasteiger charge is -2.37. The number of rotatable bonds is 3. The number of carbonyl (C=O) groups excluding carboxylic acids is 1. The first-order chi connectivity index (χ1) is 8.81. The number of nitrogens with zero attached hydrogens (tertiary/aromatic N) is 1. The van der Waals surface area contributed by atoms with Gasteiger partial charge in [-0.25, -0.2) is 9.59 Å². The molecule has 2 amide bonds. The fourth-order valence-corrected chi connectivity index (χ4v) is 2.89. The Bertz CT molecular complexity index is 370. The van der Waals surface area contributed by atoms with E-state index in [0.29, 0.717) is 12.8 Å². The minimum atomic E-state index is -1.97. The van der Waals surface area contributed by atoms with Crippen molar-refractivity contribution in [1.29, 1.82) is 0 Å². The molecule has 2 fully saturated rings. The largest absolute Gasteiger partial charge is 0.479 e. The van der Waals surface area contributed by atoms with Gasteiger partial charge in [-0.3, -0.25) is 0 Å². The van der Waals surface area contributed by atoms with E-state index in [1.165, 1.54) is 0 Å². The molecular formula is C12H20N2O5. The maximum atomic E-state index is 12.1. The van der Waals surface area contributed by atoms with E-state index in [2.05, 4.69) is 5.32 Å². The first kappa shape index (κ1) is 14.1. The van der Waals surface area contributed by atoms with Crippen LogP contribution in [0.5, 0.6) is 0 Å². The molecule has 0 aromatic carbocycles. The fraction of sp³-hybridized carbons (Fsp3) is 0.833.